The SMILES string of the molecule is CCCCC#CC(OC(C)(CBr)OC)c1ccccc1. The van der Waals surface area contributed by atoms with Crippen LogP contribution in [0.5, 0.6) is 0 Å². The molecule has 0 saturated carbocycles. The molecule has 0 heterocycles. The summed E-state index contributed by atoms with van der Waals surface area (Å²) in [5.74, 6) is 5.75. The van der Waals surface area contributed by atoms with E-state index < -0.39 is 5.79 Å². The summed E-state index contributed by atoms with van der Waals surface area (Å²) in [5, 5.41) is 0.594. The number of benzene rings is 1. The molecule has 110 valence electrons. The Labute approximate surface area is 131 Å². The molecule has 0 bridgehead atoms. The number of alkyl halides is 1. The summed E-state index contributed by atoms with van der Waals surface area (Å²) < 4.78 is 11.5. The van der Waals surface area contributed by atoms with Gasteiger partial charge in [-0.2, -0.15) is 0 Å². The molecule has 0 fully saturated rings. The summed E-state index contributed by atoms with van der Waals surface area (Å²) in [6.07, 6.45) is 2.91. The zero-order valence-electron chi connectivity index (χ0n) is 12.5. The minimum atomic E-state index is -0.681. The van der Waals surface area contributed by atoms with Crippen molar-refractivity contribution in [2.24, 2.45) is 0 Å². The Balaban J connectivity index is 2.87. The summed E-state index contributed by atoms with van der Waals surface area (Å²) in [5.41, 5.74) is 1.06. The minimum Gasteiger partial charge on any atom is -0.353 e. The first-order valence-electron chi connectivity index (χ1n) is 6.97. The lowest BCUT2D eigenvalue weighted by Gasteiger charge is -2.29. The van der Waals surface area contributed by atoms with E-state index in [1.54, 1.807) is 7.11 Å². The molecule has 0 aliphatic carbocycles. The second kappa shape index (κ2) is 9.18. The molecule has 0 radical (unpaired) electrons. The summed E-state index contributed by atoms with van der Waals surface area (Å²) >= 11 is 3.43. The third kappa shape index (κ3) is 5.66. The van der Waals surface area contributed by atoms with E-state index >= 15 is 0 Å². The van der Waals surface area contributed by atoms with Gasteiger partial charge in [-0.25, -0.2) is 0 Å². The molecular weight excluding hydrogens is 316 g/mol. The normalized spacial score (nSPS) is 15.0. The summed E-state index contributed by atoms with van der Waals surface area (Å²) in [6, 6.07) is 10.0. The topological polar surface area (TPSA) is 18.5 Å². The van der Waals surface area contributed by atoms with Crippen LogP contribution >= 0.6 is 15.9 Å². The number of hydrogen-bond donors (Lipinski definition) is 0. The van der Waals surface area contributed by atoms with E-state index in [0.29, 0.717) is 5.33 Å². The summed E-state index contributed by atoms with van der Waals surface area (Å²) in [6.45, 7) is 4.07. The van der Waals surface area contributed by atoms with Crippen LogP contribution in [0.15, 0.2) is 30.3 Å². The molecule has 20 heavy (non-hydrogen) atoms. The molecule has 0 amide bonds. The smallest absolute Gasteiger partial charge is 0.176 e. The average molecular weight is 339 g/mol. The van der Waals surface area contributed by atoms with Gasteiger partial charge in [0.05, 0.1) is 5.33 Å². The van der Waals surface area contributed by atoms with Crippen molar-refractivity contribution in [3.8, 4) is 11.8 Å². The second-order valence-electron chi connectivity index (χ2n) is 4.80. The van der Waals surface area contributed by atoms with Crippen LogP contribution in [0, 0.1) is 11.8 Å². The van der Waals surface area contributed by atoms with Crippen LogP contribution in [0.3, 0.4) is 0 Å². The van der Waals surface area contributed by atoms with E-state index in [-0.39, 0.29) is 6.10 Å². The van der Waals surface area contributed by atoms with Crippen LogP contribution < -0.4 is 0 Å². The number of halogens is 1. The number of rotatable bonds is 7. The van der Waals surface area contributed by atoms with Crippen LogP contribution in [-0.4, -0.2) is 18.2 Å². The van der Waals surface area contributed by atoms with Crippen molar-refractivity contribution in [1.29, 1.82) is 0 Å². The first-order valence-corrected chi connectivity index (χ1v) is 8.09. The maximum absolute atomic E-state index is 6.06. The fourth-order valence-corrected chi connectivity index (χ4v) is 1.98. The van der Waals surface area contributed by atoms with E-state index in [2.05, 4.69) is 34.7 Å². The van der Waals surface area contributed by atoms with Crippen LogP contribution in [0.1, 0.15) is 44.8 Å². The van der Waals surface area contributed by atoms with Gasteiger partial charge in [-0.3, -0.25) is 0 Å². The monoisotopic (exact) mass is 338 g/mol. The van der Waals surface area contributed by atoms with E-state index in [1.807, 2.05) is 37.3 Å². The molecule has 1 rings (SSSR count). The van der Waals surface area contributed by atoms with Crippen molar-refractivity contribution in [2.75, 3.05) is 12.4 Å². The van der Waals surface area contributed by atoms with Gasteiger partial charge in [0.1, 0.15) is 6.10 Å². The largest absolute Gasteiger partial charge is 0.353 e. The van der Waals surface area contributed by atoms with Crippen LogP contribution in [-0.2, 0) is 9.47 Å². The van der Waals surface area contributed by atoms with Crippen molar-refractivity contribution in [1.82, 2.24) is 0 Å². The first-order chi connectivity index (χ1) is 9.65. The molecule has 0 aliphatic rings. The number of methoxy groups -OCH3 is 1. The average Bonchev–Trinajstić information content (AvgIpc) is 2.51. The fraction of sp³-hybridized carbons (Fsp3) is 0.529. The lowest BCUT2D eigenvalue weighted by Crippen LogP contribution is -2.34. The molecule has 0 saturated heterocycles. The van der Waals surface area contributed by atoms with Gasteiger partial charge in [-0.1, -0.05) is 65.5 Å². The van der Waals surface area contributed by atoms with Crippen LogP contribution in [0.2, 0.25) is 0 Å². The quantitative estimate of drug-likeness (QED) is 0.310. The molecule has 1 aromatic carbocycles. The Bertz CT molecular complexity index is 429. The predicted octanol–water partition coefficient (Wildman–Crippen LogP) is 4.70. The van der Waals surface area contributed by atoms with E-state index in [4.69, 9.17) is 9.47 Å². The van der Waals surface area contributed by atoms with Crippen molar-refractivity contribution in [3.05, 3.63) is 35.9 Å². The van der Waals surface area contributed by atoms with E-state index in [1.165, 1.54) is 0 Å². The molecule has 0 aromatic heterocycles. The molecular formula is C17H23BrO2. The Morgan fingerprint density at radius 2 is 2.00 bits per heavy atom. The minimum absolute atomic E-state index is 0.268. The molecule has 0 aliphatic heterocycles. The van der Waals surface area contributed by atoms with Gasteiger partial charge >= 0.3 is 0 Å². The third-order valence-electron chi connectivity index (χ3n) is 3.03. The first kappa shape index (κ1) is 17.2. The highest BCUT2D eigenvalue weighted by molar-refractivity contribution is 9.09. The molecule has 2 nitrogen and oxygen atoms in total. The van der Waals surface area contributed by atoms with Gasteiger partial charge < -0.3 is 9.47 Å². The number of ether oxygens (including phenoxy) is 2. The van der Waals surface area contributed by atoms with Crippen molar-refractivity contribution >= 4 is 15.9 Å². The van der Waals surface area contributed by atoms with Crippen molar-refractivity contribution in [3.63, 3.8) is 0 Å². The highest BCUT2D eigenvalue weighted by atomic mass is 79.9. The molecule has 0 N–H and O–H groups in total. The fourth-order valence-electron chi connectivity index (χ4n) is 1.62. The predicted molar refractivity (Wildman–Crippen MR) is 86.8 cm³/mol. The lowest BCUT2D eigenvalue weighted by molar-refractivity contribution is -0.209. The van der Waals surface area contributed by atoms with Gasteiger partial charge in [0.25, 0.3) is 0 Å². The maximum Gasteiger partial charge on any atom is 0.176 e. The number of unbranched alkanes of at least 4 members (excludes halogenated alkanes) is 2. The highest BCUT2D eigenvalue weighted by Crippen LogP contribution is 2.25. The van der Waals surface area contributed by atoms with Crippen molar-refractivity contribution in [2.45, 2.75) is 45.0 Å². The Morgan fingerprint density at radius 1 is 1.30 bits per heavy atom. The number of hydrogen-bond acceptors (Lipinski definition) is 2. The zero-order chi connectivity index (χ0) is 14.8. The zero-order valence-corrected chi connectivity index (χ0v) is 14.1. The van der Waals surface area contributed by atoms with Gasteiger partial charge in [0, 0.05) is 13.5 Å². The van der Waals surface area contributed by atoms with Crippen molar-refractivity contribution < 1.29 is 9.47 Å². The molecule has 2 atom stereocenters. The van der Waals surface area contributed by atoms with Gasteiger partial charge in [-0.15, -0.1) is 5.92 Å². The molecule has 3 heteroatoms. The van der Waals surface area contributed by atoms with Gasteiger partial charge in [0.15, 0.2) is 5.79 Å². The second-order valence-corrected chi connectivity index (χ2v) is 5.37. The Kier molecular flexibility index (Phi) is 7.91. The lowest BCUT2D eigenvalue weighted by atomic mass is 10.1. The van der Waals surface area contributed by atoms with E-state index in [0.717, 1.165) is 24.8 Å². The highest BCUT2D eigenvalue weighted by Gasteiger charge is 2.27. The Hall–Kier alpha value is -0.820. The third-order valence-corrected chi connectivity index (χ3v) is 4.05. The van der Waals surface area contributed by atoms with E-state index in [9.17, 15) is 0 Å². The van der Waals surface area contributed by atoms with Crippen LogP contribution in [0.4, 0.5) is 0 Å². The van der Waals surface area contributed by atoms with Gasteiger partial charge in [-0.05, 0) is 18.9 Å². The van der Waals surface area contributed by atoms with Crippen LogP contribution in [0.25, 0.3) is 0 Å². The molecule has 0 spiro atoms. The maximum atomic E-state index is 6.06. The van der Waals surface area contributed by atoms with Gasteiger partial charge in [0.2, 0.25) is 0 Å². The molecule has 2 unspecified atom stereocenters. The Morgan fingerprint density at radius 3 is 2.55 bits per heavy atom. The molecule has 1 aromatic rings. The summed E-state index contributed by atoms with van der Waals surface area (Å²) in [4.78, 5) is 0. The standard InChI is InChI=1S/C17H23BrO2/c1-4-5-6-10-13-16(15-11-8-7-9-12-15)20-17(2,14-18)19-3/h7-9,11-12,16H,4-6,14H2,1-3H3. The summed E-state index contributed by atoms with van der Waals surface area (Å²) in [7, 11) is 1.65.